The summed E-state index contributed by atoms with van der Waals surface area (Å²) in [7, 11) is 1.63. The summed E-state index contributed by atoms with van der Waals surface area (Å²) >= 11 is 0. The molecule has 0 amide bonds. The van der Waals surface area contributed by atoms with Crippen LogP contribution in [0.1, 0.15) is 59.8 Å². The highest BCUT2D eigenvalue weighted by Crippen LogP contribution is 2.24. The number of hydrogen-bond donors (Lipinski definition) is 1. The average molecular weight is 423 g/mol. The molecule has 1 saturated heterocycles. The number of aromatic nitrogens is 4. The molecule has 3 rings (SSSR count). The third-order valence-electron chi connectivity index (χ3n) is 6.16. The second-order valence-electron chi connectivity index (χ2n) is 8.71. The molecule has 1 aliphatic heterocycles. The van der Waals surface area contributed by atoms with Gasteiger partial charge in [-0.25, -0.2) is 9.78 Å². The predicted octanol–water partition coefficient (Wildman–Crippen LogP) is 1.77. The Balaban J connectivity index is 1.82. The standard InChI is InChI=1S/C21H34N4O5/c1-6-21(28,7-2)10-8-9-11-25-18(26)16-17(23(5)19(25)27)22-14-24(16)12-15-13-29-20(3,4)30-15/h14-15,28H,6-13H2,1-5H3. The van der Waals surface area contributed by atoms with Crippen LogP contribution in [0.5, 0.6) is 0 Å². The van der Waals surface area contributed by atoms with Gasteiger partial charge in [0.25, 0.3) is 5.56 Å². The van der Waals surface area contributed by atoms with Crippen LogP contribution < -0.4 is 11.2 Å². The van der Waals surface area contributed by atoms with Crippen molar-refractivity contribution in [3.8, 4) is 0 Å². The zero-order chi connectivity index (χ0) is 22.1. The minimum atomic E-state index is -0.671. The fraction of sp³-hybridized carbons (Fsp3) is 0.762. The van der Waals surface area contributed by atoms with Crippen LogP contribution in [-0.4, -0.2) is 47.9 Å². The van der Waals surface area contributed by atoms with Crippen molar-refractivity contribution >= 4 is 11.2 Å². The van der Waals surface area contributed by atoms with Gasteiger partial charge in [0, 0.05) is 13.6 Å². The van der Waals surface area contributed by atoms with E-state index in [9.17, 15) is 14.7 Å². The Kier molecular flexibility index (Phi) is 6.54. The molecular weight excluding hydrogens is 388 g/mol. The van der Waals surface area contributed by atoms with Gasteiger partial charge in [0.05, 0.1) is 25.1 Å². The van der Waals surface area contributed by atoms with E-state index in [0.29, 0.717) is 56.5 Å². The van der Waals surface area contributed by atoms with Crippen molar-refractivity contribution in [2.24, 2.45) is 7.05 Å². The summed E-state index contributed by atoms with van der Waals surface area (Å²) in [4.78, 5) is 30.2. The van der Waals surface area contributed by atoms with Crippen LogP contribution in [-0.2, 0) is 29.6 Å². The first-order valence-corrected chi connectivity index (χ1v) is 10.8. The minimum Gasteiger partial charge on any atom is -0.390 e. The van der Waals surface area contributed by atoms with Gasteiger partial charge in [0.15, 0.2) is 17.0 Å². The summed E-state index contributed by atoms with van der Waals surface area (Å²) in [5.74, 6) is -0.646. The molecule has 168 valence electrons. The summed E-state index contributed by atoms with van der Waals surface area (Å²) in [5.41, 5.74) is -0.629. The van der Waals surface area contributed by atoms with E-state index >= 15 is 0 Å². The molecular formula is C21H34N4O5. The molecule has 9 nitrogen and oxygen atoms in total. The van der Waals surface area contributed by atoms with E-state index in [0.717, 1.165) is 6.42 Å². The van der Waals surface area contributed by atoms with Gasteiger partial charge in [0.1, 0.15) is 6.10 Å². The van der Waals surface area contributed by atoms with E-state index in [4.69, 9.17) is 9.47 Å². The number of aliphatic hydroxyl groups is 1. The zero-order valence-corrected chi connectivity index (χ0v) is 18.7. The lowest BCUT2D eigenvalue weighted by Gasteiger charge is -2.25. The highest BCUT2D eigenvalue weighted by Gasteiger charge is 2.33. The van der Waals surface area contributed by atoms with E-state index < -0.39 is 11.4 Å². The molecule has 1 aliphatic rings. The van der Waals surface area contributed by atoms with E-state index in [1.807, 2.05) is 27.7 Å². The van der Waals surface area contributed by atoms with Crippen LogP contribution >= 0.6 is 0 Å². The lowest BCUT2D eigenvalue weighted by molar-refractivity contribution is -0.139. The largest absolute Gasteiger partial charge is 0.390 e. The molecule has 1 unspecified atom stereocenters. The van der Waals surface area contributed by atoms with Gasteiger partial charge < -0.3 is 19.1 Å². The number of unbranched alkanes of at least 4 members (excludes halogenated alkanes) is 1. The second kappa shape index (κ2) is 8.64. The first-order valence-electron chi connectivity index (χ1n) is 10.8. The zero-order valence-electron chi connectivity index (χ0n) is 18.7. The Morgan fingerprint density at radius 1 is 1.27 bits per heavy atom. The lowest BCUT2D eigenvalue weighted by atomic mass is 9.91. The van der Waals surface area contributed by atoms with E-state index in [1.54, 1.807) is 17.9 Å². The second-order valence-corrected chi connectivity index (χ2v) is 8.71. The van der Waals surface area contributed by atoms with Crippen molar-refractivity contribution in [3.63, 3.8) is 0 Å². The van der Waals surface area contributed by atoms with Crippen LogP contribution in [0, 0.1) is 0 Å². The van der Waals surface area contributed by atoms with Gasteiger partial charge in [-0.15, -0.1) is 0 Å². The Bertz CT molecular complexity index is 999. The molecule has 1 atom stereocenters. The Hall–Kier alpha value is -1.97. The van der Waals surface area contributed by atoms with Crippen LogP contribution in [0.4, 0.5) is 0 Å². The third-order valence-corrected chi connectivity index (χ3v) is 6.16. The summed E-state index contributed by atoms with van der Waals surface area (Å²) in [6.45, 7) is 8.82. The number of hydrogen-bond acceptors (Lipinski definition) is 6. The number of nitrogens with zero attached hydrogens (tertiary/aromatic N) is 4. The molecule has 2 aromatic rings. The molecule has 0 spiro atoms. The van der Waals surface area contributed by atoms with Gasteiger partial charge in [-0.2, -0.15) is 0 Å². The number of aryl methyl sites for hydroxylation is 1. The fourth-order valence-electron chi connectivity index (χ4n) is 4.06. The Morgan fingerprint density at radius 3 is 2.57 bits per heavy atom. The van der Waals surface area contributed by atoms with Crippen LogP contribution in [0.15, 0.2) is 15.9 Å². The van der Waals surface area contributed by atoms with E-state index in [-0.39, 0.29) is 17.4 Å². The van der Waals surface area contributed by atoms with E-state index in [1.165, 1.54) is 9.13 Å². The van der Waals surface area contributed by atoms with Crippen molar-refractivity contribution in [3.05, 3.63) is 27.2 Å². The van der Waals surface area contributed by atoms with Gasteiger partial charge in [-0.3, -0.25) is 13.9 Å². The lowest BCUT2D eigenvalue weighted by Crippen LogP contribution is -2.40. The van der Waals surface area contributed by atoms with Gasteiger partial charge in [-0.05, 0) is 46.0 Å². The molecule has 1 fully saturated rings. The first-order chi connectivity index (χ1) is 14.1. The Morgan fingerprint density at radius 2 is 1.97 bits per heavy atom. The molecule has 9 heteroatoms. The highest BCUT2D eigenvalue weighted by atomic mass is 16.7. The summed E-state index contributed by atoms with van der Waals surface area (Å²) in [6, 6.07) is 0. The molecule has 0 bridgehead atoms. The molecule has 1 N–H and O–H groups in total. The quantitative estimate of drug-likeness (QED) is 0.618. The topological polar surface area (TPSA) is 101 Å². The number of imidazole rings is 1. The summed E-state index contributed by atoms with van der Waals surface area (Å²) in [5, 5.41) is 10.4. The van der Waals surface area contributed by atoms with Gasteiger partial charge >= 0.3 is 5.69 Å². The summed E-state index contributed by atoms with van der Waals surface area (Å²) in [6.07, 6.45) is 4.82. The summed E-state index contributed by atoms with van der Waals surface area (Å²) < 4.78 is 15.9. The van der Waals surface area contributed by atoms with Crippen molar-refractivity contribution in [1.82, 2.24) is 18.7 Å². The molecule has 0 aromatic carbocycles. The van der Waals surface area contributed by atoms with Crippen molar-refractivity contribution in [2.75, 3.05) is 6.61 Å². The molecule has 3 heterocycles. The van der Waals surface area contributed by atoms with Crippen LogP contribution in [0.25, 0.3) is 11.2 Å². The molecule has 2 aromatic heterocycles. The maximum Gasteiger partial charge on any atom is 0.332 e. The van der Waals surface area contributed by atoms with Crippen LogP contribution in [0.2, 0.25) is 0 Å². The minimum absolute atomic E-state index is 0.191. The monoisotopic (exact) mass is 422 g/mol. The first kappa shape index (κ1) is 22.7. The number of ether oxygens (including phenoxy) is 2. The number of rotatable bonds is 9. The van der Waals surface area contributed by atoms with Crippen molar-refractivity contribution in [2.45, 2.75) is 90.4 Å². The maximum atomic E-state index is 13.2. The maximum absolute atomic E-state index is 13.2. The van der Waals surface area contributed by atoms with Gasteiger partial charge in [0.2, 0.25) is 0 Å². The molecule has 0 radical (unpaired) electrons. The predicted molar refractivity (Wildman–Crippen MR) is 114 cm³/mol. The third kappa shape index (κ3) is 4.53. The molecule has 0 saturated carbocycles. The molecule has 30 heavy (non-hydrogen) atoms. The smallest absolute Gasteiger partial charge is 0.332 e. The average Bonchev–Trinajstić information content (AvgIpc) is 3.28. The van der Waals surface area contributed by atoms with Crippen molar-refractivity contribution < 1.29 is 14.6 Å². The molecule has 0 aliphatic carbocycles. The highest BCUT2D eigenvalue weighted by molar-refractivity contribution is 5.69. The SMILES string of the molecule is CCC(O)(CC)CCCCn1c(=O)c2c(ncn2CC2COC(C)(C)O2)n(C)c1=O. The number of fused-ring (bicyclic) bond motifs is 1. The van der Waals surface area contributed by atoms with Crippen molar-refractivity contribution in [1.29, 1.82) is 0 Å². The van der Waals surface area contributed by atoms with Gasteiger partial charge in [-0.1, -0.05) is 13.8 Å². The van der Waals surface area contributed by atoms with E-state index in [2.05, 4.69) is 4.98 Å². The normalized spacial score (nSPS) is 19.1. The fourth-order valence-corrected chi connectivity index (χ4v) is 4.06. The Labute approximate surface area is 176 Å². The van der Waals surface area contributed by atoms with Crippen LogP contribution in [0.3, 0.4) is 0 Å².